The Balaban J connectivity index is 1.38. The number of benzene rings is 1. The first-order valence-electron chi connectivity index (χ1n) is 8.84. The lowest BCUT2D eigenvalue weighted by atomic mass is 10.0. The van der Waals surface area contributed by atoms with E-state index >= 15 is 0 Å². The van der Waals surface area contributed by atoms with E-state index in [2.05, 4.69) is 16.4 Å². The Kier molecular flexibility index (Phi) is 5.31. The number of fused-ring (bicyclic) bond motifs is 1. The van der Waals surface area contributed by atoms with E-state index in [0.717, 1.165) is 30.0 Å². The molecule has 3 aromatic rings. The van der Waals surface area contributed by atoms with Gasteiger partial charge in [-0.2, -0.15) is 0 Å². The number of hydrogen-bond acceptors (Lipinski definition) is 5. The third-order valence-electron chi connectivity index (χ3n) is 4.46. The number of anilines is 2. The summed E-state index contributed by atoms with van der Waals surface area (Å²) in [5.41, 5.74) is 2.92. The van der Waals surface area contributed by atoms with E-state index in [4.69, 9.17) is 0 Å². The minimum Gasteiger partial charge on any atom is -0.312 e. The fraction of sp³-hybridized carbons (Fsp3) is 0.250. The molecular weight excluding hydrogens is 378 g/mol. The van der Waals surface area contributed by atoms with Gasteiger partial charge in [-0.1, -0.05) is 24.3 Å². The Hall–Kier alpha value is -2.51. The predicted molar refractivity (Wildman–Crippen MR) is 110 cm³/mol. The van der Waals surface area contributed by atoms with Gasteiger partial charge in [0.25, 0.3) is 0 Å². The van der Waals surface area contributed by atoms with Crippen LogP contribution >= 0.6 is 22.7 Å². The molecule has 0 spiro atoms. The van der Waals surface area contributed by atoms with E-state index < -0.39 is 0 Å². The van der Waals surface area contributed by atoms with Crippen molar-refractivity contribution in [1.29, 1.82) is 0 Å². The van der Waals surface area contributed by atoms with E-state index in [-0.39, 0.29) is 18.2 Å². The van der Waals surface area contributed by atoms with Crippen molar-refractivity contribution >= 4 is 45.3 Å². The summed E-state index contributed by atoms with van der Waals surface area (Å²) >= 11 is 2.91. The molecule has 1 aromatic carbocycles. The van der Waals surface area contributed by atoms with Gasteiger partial charge in [0.1, 0.15) is 0 Å². The summed E-state index contributed by atoms with van der Waals surface area (Å²) in [4.78, 5) is 32.1. The Bertz CT molecular complexity index is 950. The maximum Gasteiger partial charge on any atom is 0.233 e. The molecule has 2 aromatic heterocycles. The highest BCUT2D eigenvalue weighted by Crippen LogP contribution is 2.27. The van der Waals surface area contributed by atoms with Crippen LogP contribution in [0.2, 0.25) is 0 Å². The first kappa shape index (κ1) is 17.9. The van der Waals surface area contributed by atoms with Crippen molar-refractivity contribution in [2.75, 3.05) is 16.8 Å². The maximum atomic E-state index is 12.8. The van der Waals surface area contributed by atoms with Gasteiger partial charge in [-0.15, -0.1) is 22.7 Å². The van der Waals surface area contributed by atoms with Crippen LogP contribution in [0.1, 0.15) is 22.6 Å². The molecule has 1 N–H and O–H groups in total. The van der Waals surface area contributed by atoms with E-state index in [1.165, 1.54) is 16.9 Å². The smallest absolute Gasteiger partial charge is 0.233 e. The number of amides is 2. The zero-order chi connectivity index (χ0) is 18.6. The third kappa shape index (κ3) is 4.26. The molecule has 0 saturated heterocycles. The number of nitrogens with one attached hydrogen (secondary N) is 1. The lowest BCUT2D eigenvalue weighted by Crippen LogP contribution is -2.36. The molecule has 138 valence electrons. The van der Waals surface area contributed by atoms with Crippen molar-refractivity contribution < 1.29 is 9.59 Å². The van der Waals surface area contributed by atoms with Crippen LogP contribution < -0.4 is 10.2 Å². The van der Waals surface area contributed by atoms with Gasteiger partial charge in [-0.25, -0.2) is 4.98 Å². The first-order chi connectivity index (χ1) is 13.2. The molecule has 5 nitrogen and oxygen atoms in total. The number of thiophene rings is 1. The van der Waals surface area contributed by atoms with Gasteiger partial charge >= 0.3 is 0 Å². The molecule has 4 rings (SSSR count). The monoisotopic (exact) mass is 397 g/mol. The summed E-state index contributed by atoms with van der Waals surface area (Å²) in [5, 5.41) is 7.15. The van der Waals surface area contributed by atoms with E-state index in [0.29, 0.717) is 17.2 Å². The number of thiazole rings is 1. The number of carbonyl (C=O) groups excluding carboxylic acids is 2. The molecule has 3 heterocycles. The maximum absolute atomic E-state index is 12.8. The Morgan fingerprint density at radius 2 is 2.00 bits per heavy atom. The summed E-state index contributed by atoms with van der Waals surface area (Å²) in [6, 6.07) is 11.9. The molecule has 0 saturated carbocycles. The van der Waals surface area contributed by atoms with Crippen LogP contribution in [0.4, 0.5) is 10.8 Å². The second-order valence-electron chi connectivity index (χ2n) is 6.40. The van der Waals surface area contributed by atoms with Crippen molar-refractivity contribution in [2.24, 2.45) is 0 Å². The quantitative estimate of drug-likeness (QED) is 0.710. The topological polar surface area (TPSA) is 62.3 Å². The standard InChI is InChI=1S/C20H19N3O2S2/c24-18(12-16-7-4-10-26-16)22-20-21-15(13-27-20)11-19(25)23-9-3-6-14-5-1-2-8-17(14)23/h1-2,4-5,7-8,10,13H,3,6,9,11-12H2,(H,21,22,24). The molecule has 0 fully saturated rings. The SMILES string of the molecule is O=C(Cc1cccs1)Nc1nc(CC(=O)N2CCCc3ccccc32)cs1. The molecule has 0 bridgehead atoms. The van der Waals surface area contributed by atoms with Crippen LogP contribution in [-0.4, -0.2) is 23.3 Å². The van der Waals surface area contributed by atoms with Gasteiger partial charge < -0.3 is 10.2 Å². The van der Waals surface area contributed by atoms with E-state index in [1.54, 1.807) is 11.3 Å². The number of para-hydroxylation sites is 1. The normalized spacial score (nSPS) is 13.3. The molecule has 1 aliphatic rings. The molecule has 0 radical (unpaired) electrons. The van der Waals surface area contributed by atoms with Gasteiger partial charge in [0.05, 0.1) is 18.5 Å². The number of carbonyl (C=O) groups is 2. The number of aromatic nitrogens is 1. The summed E-state index contributed by atoms with van der Waals surface area (Å²) < 4.78 is 0. The summed E-state index contributed by atoms with van der Waals surface area (Å²) in [6.07, 6.45) is 2.57. The molecular formula is C20H19N3O2S2. The Labute approximate surface area is 165 Å². The van der Waals surface area contributed by atoms with Crippen LogP contribution in [-0.2, 0) is 28.9 Å². The second-order valence-corrected chi connectivity index (χ2v) is 8.29. The highest BCUT2D eigenvalue weighted by atomic mass is 32.1. The summed E-state index contributed by atoms with van der Waals surface area (Å²) in [5.74, 6) is -0.0430. The summed E-state index contributed by atoms with van der Waals surface area (Å²) in [6.45, 7) is 0.740. The molecule has 0 atom stereocenters. The van der Waals surface area contributed by atoms with Crippen molar-refractivity contribution in [3.63, 3.8) is 0 Å². The van der Waals surface area contributed by atoms with Crippen molar-refractivity contribution in [2.45, 2.75) is 25.7 Å². The predicted octanol–water partition coefficient (Wildman–Crippen LogP) is 3.91. The fourth-order valence-electron chi connectivity index (χ4n) is 3.22. The van der Waals surface area contributed by atoms with Gasteiger partial charge in [0, 0.05) is 22.5 Å². The van der Waals surface area contributed by atoms with Crippen molar-refractivity contribution in [1.82, 2.24) is 4.98 Å². The zero-order valence-corrected chi connectivity index (χ0v) is 16.3. The van der Waals surface area contributed by atoms with Crippen LogP contribution in [0.25, 0.3) is 0 Å². The Morgan fingerprint density at radius 3 is 2.85 bits per heavy atom. The average Bonchev–Trinajstić information content (AvgIpc) is 3.33. The number of hydrogen-bond donors (Lipinski definition) is 1. The molecule has 0 aliphatic carbocycles. The van der Waals surface area contributed by atoms with Crippen LogP contribution in [0.5, 0.6) is 0 Å². The fourth-order valence-corrected chi connectivity index (χ4v) is 4.65. The minimum absolute atomic E-state index is 0.0453. The third-order valence-corrected chi connectivity index (χ3v) is 6.14. The van der Waals surface area contributed by atoms with Crippen LogP contribution in [0, 0.1) is 0 Å². The van der Waals surface area contributed by atoms with Gasteiger partial charge in [-0.3, -0.25) is 9.59 Å². The zero-order valence-electron chi connectivity index (χ0n) is 14.7. The van der Waals surface area contributed by atoms with Gasteiger partial charge in [0.15, 0.2) is 5.13 Å². The molecule has 1 aliphatic heterocycles. The molecule has 2 amide bonds. The largest absolute Gasteiger partial charge is 0.312 e. The lowest BCUT2D eigenvalue weighted by Gasteiger charge is -2.29. The molecule has 27 heavy (non-hydrogen) atoms. The van der Waals surface area contributed by atoms with Gasteiger partial charge in [0.2, 0.25) is 11.8 Å². The first-order valence-corrected chi connectivity index (χ1v) is 10.6. The van der Waals surface area contributed by atoms with E-state index in [1.807, 2.05) is 46.0 Å². The Morgan fingerprint density at radius 1 is 1.11 bits per heavy atom. The highest BCUT2D eigenvalue weighted by molar-refractivity contribution is 7.14. The lowest BCUT2D eigenvalue weighted by molar-refractivity contribution is -0.118. The van der Waals surface area contributed by atoms with Gasteiger partial charge in [-0.05, 0) is 35.9 Å². The van der Waals surface area contributed by atoms with Crippen LogP contribution in [0.15, 0.2) is 47.2 Å². The number of rotatable bonds is 5. The number of aryl methyl sites for hydroxylation is 1. The van der Waals surface area contributed by atoms with Crippen molar-refractivity contribution in [3.8, 4) is 0 Å². The van der Waals surface area contributed by atoms with Crippen LogP contribution in [0.3, 0.4) is 0 Å². The van der Waals surface area contributed by atoms with E-state index in [9.17, 15) is 9.59 Å². The summed E-state index contributed by atoms with van der Waals surface area (Å²) in [7, 11) is 0. The number of nitrogens with zero attached hydrogens (tertiary/aromatic N) is 2. The minimum atomic E-state index is -0.0883. The van der Waals surface area contributed by atoms with Crippen molar-refractivity contribution in [3.05, 3.63) is 63.3 Å². The second kappa shape index (κ2) is 8.02. The highest BCUT2D eigenvalue weighted by Gasteiger charge is 2.23. The molecule has 0 unspecified atom stereocenters. The average molecular weight is 398 g/mol. The molecule has 7 heteroatoms.